The largest absolute Gasteiger partial charge is 0.386 e. The maximum absolute atomic E-state index is 12.6. The number of benzene rings is 1. The molecule has 3 heterocycles. The molecule has 0 aliphatic carbocycles. The summed E-state index contributed by atoms with van der Waals surface area (Å²) in [5.41, 5.74) is 1.57. The van der Waals surface area contributed by atoms with Crippen molar-refractivity contribution in [3.05, 3.63) is 52.7 Å². The average Bonchev–Trinajstić information content (AvgIpc) is 3.33. The van der Waals surface area contributed by atoms with Gasteiger partial charge in [-0.2, -0.15) is 11.3 Å². The normalized spacial score (nSPS) is 21.6. The Hall–Kier alpha value is -2.67. The molecule has 1 atom stereocenters. The second-order valence-electron chi connectivity index (χ2n) is 7.04. The van der Waals surface area contributed by atoms with Gasteiger partial charge in [0.2, 0.25) is 5.91 Å². The van der Waals surface area contributed by atoms with Crippen LogP contribution in [0.15, 0.2) is 52.3 Å². The van der Waals surface area contributed by atoms with E-state index in [0.717, 1.165) is 30.6 Å². The predicted molar refractivity (Wildman–Crippen MR) is 105 cm³/mol. The highest BCUT2D eigenvalue weighted by atomic mass is 32.1. The molecule has 1 unspecified atom stereocenters. The molecule has 2 aliphatic heterocycles. The molecule has 0 bridgehead atoms. The van der Waals surface area contributed by atoms with Crippen molar-refractivity contribution in [1.29, 1.82) is 0 Å². The SMILES string of the molecule is O=C(Nc1ccccc1)C1=NOC2(CCCN(C(=O)Cc3ccsc3)C2)C1. The maximum atomic E-state index is 12.6. The maximum Gasteiger partial charge on any atom is 0.273 e. The van der Waals surface area contributed by atoms with Crippen molar-refractivity contribution in [1.82, 2.24) is 4.90 Å². The number of anilines is 1. The molecule has 2 aromatic rings. The van der Waals surface area contributed by atoms with Crippen LogP contribution in [0.5, 0.6) is 0 Å². The zero-order valence-corrected chi connectivity index (χ0v) is 15.7. The molecule has 2 amide bonds. The summed E-state index contributed by atoms with van der Waals surface area (Å²) in [6.07, 6.45) is 2.47. The lowest BCUT2D eigenvalue weighted by Gasteiger charge is -2.38. The molecule has 4 rings (SSSR count). The molecular formula is C20H21N3O3S. The van der Waals surface area contributed by atoms with E-state index < -0.39 is 5.60 Å². The van der Waals surface area contributed by atoms with Gasteiger partial charge in [0, 0.05) is 18.7 Å². The van der Waals surface area contributed by atoms with Crippen molar-refractivity contribution in [2.24, 2.45) is 5.16 Å². The fraction of sp³-hybridized carbons (Fsp3) is 0.350. The van der Waals surface area contributed by atoms with Gasteiger partial charge in [-0.1, -0.05) is 23.4 Å². The lowest BCUT2D eigenvalue weighted by atomic mass is 9.87. The first-order chi connectivity index (χ1) is 13.1. The molecule has 1 aromatic heterocycles. The molecule has 1 spiro atoms. The Morgan fingerprint density at radius 1 is 1.26 bits per heavy atom. The van der Waals surface area contributed by atoms with Gasteiger partial charge in [0.25, 0.3) is 5.91 Å². The first-order valence-corrected chi connectivity index (χ1v) is 9.98. The number of carbonyl (C=O) groups excluding carboxylic acids is 2. The first-order valence-electron chi connectivity index (χ1n) is 9.04. The van der Waals surface area contributed by atoms with E-state index in [-0.39, 0.29) is 11.8 Å². The van der Waals surface area contributed by atoms with E-state index in [1.165, 1.54) is 0 Å². The van der Waals surface area contributed by atoms with E-state index in [1.807, 2.05) is 52.1 Å². The van der Waals surface area contributed by atoms with Crippen LogP contribution in [0.4, 0.5) is 5.69 Å². The number of oxime groups is 1. The van der Waals surface area contributed by atoms with Crippen LogP contribution in [-0.2, 0) is 20.8 Å². The highest BCUT2D eigenvalue weighted by Crippen LogP contribution is 2.34. The third kappa shape index (κ3) is 4.03. The number of para-hydroxylation sites is 1. The van der Waals surface area contributed by atoms with Crippen molar-refractivity contribution >= 4 is 34.6 Å². The third-order valence-electron chi connectivity index (χ3n) is 4.96. The van der Waals surface area contributed by atoms with Crippen molar-refractivity contribution < 1.29 is 14.4 Å². The minimum atomic E-state index is -0.577. The molecule has 1 saturated heterocycles. The summed E-state index contributed by atoms with van der Waals surface area (Å²) in [6, 6.07) is 11.3. The fourth-order valence-electron chi connectivity index (χ4n) is 3.58. The van der Waals surface area contributed by atoms with Crippen LogP contribution < -0.4 is 5.32 Å². The molecule has 0 radical (unpaired) electrons. The number of likely N-dealkylation sites (tertiary alicyclic amines) is 1. The second kappa shape index (κ2) is 7.52. The van der Waals surface area contributed by atoms with Crippen LogP contribution in [-0.4, -0.2) is 41.1 Å². The Morgan fingerprint density at radius 3 is 2.89 bits per heavy atom. The van der Waals surface area contributed by atoms with E-state index >= 15 is 0 Å². The van der Waals surface area contributed by atoms with Gasteiger partial charge in [0.15, 0.2) is 5.60 Å². The standard InChI is InChI=1S/C20H21N3O3S/c24-18(11-15-7-10-27-13-15)23-9-4-8-20(14-23)12-17(22-26-20)19(25)21-16-5-2-1-3-6-16/h1-3,5-7,10,13H,4,8-9,11-12,14H2,(H,21,25). The molecule has 2 aliphatic rings. The van der Waals surface area contributed by atoms with E-state index in [0.29, 0.717) is 25.1 Å². The van der Waals surface area contributed by atoms with Crippen LogP contribution in [0, 0.1) is 0 Å². The van der Waals surface area contributed by atoms with E-state index in [4.69, 9.17) is 4.84 Å². The van der Waals surface area contributed by atoms with Crippen LogP contribution in [0.1, 0.15) is 24.8 Å². The van der Waals surface area contributed by atoms with Gasteiger partial charge in [0.05, 0.1) is 13.0 Å². The first kappa shape index (κ1) is 17.7. The highest BCUT2D eigenvalue weighted by molar-refractivity contribution is 7.08. The predicted octanol–water partition coefficient (Wildman–Crippen LogP) is 3.07. The molecule has 1 fully saturated rings. The van der Waals surface area contributed by atoms with Crippen molar-refractivity contribution in [2.75, 3.05) is 18.4 Å². The Bertz CT molecular complexity index is 851. The van der Waals surface area contributed by atoms with E-state index in [2.05, 4.69) is 10.5 Å². The van der Waals surface area contributed by atoms with Gasteiger partial charge in [-0.3, -0.25) is 9.59 Å². The molecule has 6 nitrogen and oxygen atoms in total. The summed E-state index contributed by atoms with van der Waals surface area (Å²) in [5.74, 6) is -0.155. The molecule has 7 heteroatoms. The molecule has 1 N–H and O–H groups in total. The molecule has 27 heavy (non-hydrogen) atoms. The molecular weight excluding hydrogens is 362 g/mol. The number of nitrogens with zero attached hydrogens (tertiary/aromatic N) is 2. The van der Waals surface area contributed by atoms with Gasteiger partial charge in [-0.15, -0.1) is 0 Å². The van der Waals surface area contributed by atoms with Crippen LogP contribution in [0.2, 0.25) is 0 Å². The van der Waals surface area contributed by atoms with Crippen molar-refractivity contribution in [3.8, 4) is 0 Å². The second-order valence-corrected chi connectivity index (χ2v) is 7.82. The lowest BCUT2D eigenvalue weighted by Crippen LogP contribution is -2.51. The Morgan fingerprint density at radius 2 is 2.11 bits per heavy atom. The Kier molecular flexibility index (Phi) is 4.94. The van der Waals surface area contributed by atoms with E-state index in [1.54, 1.807) is 11.3 Å². The summed E-state index contributed by atoms with van der Waals surface area (Å²) < 4.78 is 0. The number of piperidine rings is 1. The number of hydrogen-bond acceptors (Lipinski definition) is 5. The summed E-state index contributed by atoms with van der Waals surface area (Å²) in [6.45, 7) is 1.20. The summed E-state index contributed by atoms with van der Waals surface area (Å²) in [5, 5.41) is 10.9. The monoisotopic (exact) mass is 383 g/mol. The number of carbonyl (C=O) groups is 2. The van der Waals surface area contributed by atoms with Gasteiger partial charge < -0.3 is 15.1 Å². The number of thiophene rings is 1. The van der Waals surface area contributed by atoms with Crippen LogP contribution >= 0.6 is 11.3 Å². The topological polar surface area (TPSA) is 71.0 Å². The number of amides is 2. The average molecular weight is 383 g/mol. The molecule has 1 aromatic carbocycles. The number of rotatable bonds is 4. The number of nitrogens with one attached hydrogen (secondary N) is 1. The fourth-order valence-corrected chi connectivity index (χ4v) is 4.25. The summed E-state index contributed by atoms with van der Waals surface area (Å²) in [4.78, 5) is 32.6. The molecule has 140 valence electrons. The Balaban J connectivity index is 1.37. The van der Waals surface area contributed by atoms with Gasteiger partial charge in [0.1, 0.15) is 5.71 Å². The third-order valence-corrected chi connectivity index (χ3v) is 5.69. The Labute approximate surface area is 161 Å². The smallest absolute Gasteiger partial charge is 0.273 e. The minimum Gasteiger partial charge on any atom is -0.386 e. The summed E-state index contributed by atoms with van der Waals surface area (Å²) >= 11 is 1.59. The zero-order chi connectivity index (χ0) is 18.7. The minimum absolute atomic E-state index is 0.0956. The van der Waals surface area contributed by atoms with Crippen molar-refractivity contribution in [3.63, 3.8) is 0 Å². The number of hydrogen-bond donors (Lipinski definition) is 1. The van der Waals surface area contributed by atoms with Crippen LogP contribution in [0.25, 0.3) is 0 Å². The summed E-state index contributed by atoms with van der Waals surface area (Å²) in [7, 11) is 0. The quantitative estimate of drug-likeness (QED) is 0.882. The zero-order valence-electron chi connectivity index (χ0n) is 14.9. The van der Waals surface area contributed by atoms with Gasteiger partial charge in [-0.05, 0) is 47.4 Å². The molecule has 0 saturated carbocycles. The van der Waals surface area contributed by atoms with Gasteiger partial charge >= 0.3 is 0 Å². The van der Waals surface area contributed by atoms with Crippen LogP contribution in [0.3, 0.4) is 0 Å². The lowest BCUT2D eigenvalue weighted by molar-refractivity contribution is -0.139. The van der Waals surface area contributed by atoms with Crippen molar-refractivity contribution in [2.45, 2.75) is 31.3 Å². The van der Waals surface area contributed by atoms with Gasteiger partial charge in [-0.25, -0.2) is 0 Å². The highest BCUT2D eigenvalue weighted by Gasteiger charge is 2.45. The van der Waals surface area contributed by atoms with E-state index in [9.17, 15) is 9.59 Å².